The number of hydrogen-bond acceptors (Lipinski definition) is 2. The first-order valence-corrected chi connectivity index (χ1v) is 6.66. The molecule has 19 heavy (non-hydrogen) atoms. The molecule has 0 unspecified atom stereocenters. The van der Waals surface area contributed by atoms with Crippen molar-refractivity contribution in [3.8, 4) is 0 Å². The Morgan fingerprint density at radius 3 is 2.79 bits per heavy atom. The van der Waals surface area contributed by atoms with Crippen LogP contribution < -0.4 is 5.32 Å². The summed E-state index contributed by atoms with van der Waals surface area (Å²) in [5, 5.41) is 7.86. The van der Waals surface area contributed by atoms with Gasteiger partial charge in [0.2, 0.25) is 0 Å². The molecule has 0 saturated heterocycles. The second kappa shape index (κ2) is 6.17. The number of rotatable bonds is 5. The zero-order valence-corrected chi connectivity index (χ0v) is 11.8. The second-order valence-corrected chi connectivity index (χ2v) is 4.85. The van der Waals surface area contributed by atoms with Crippen LogP contribution in [0.3, 0.4) is 0 Å². The van der Waals surface area contributed by atoms with E-state index in [4.69, 9.17) is 11.6 Å². The van der Waals surface area contributed by atoms with Crippen LogP contribution >= 0.6 is 11.6 Å². The normalized spacial score (nSPS) is 10.9. The van der Waals surface area contributed by atoms with E-state index in [0.717, 1.165) is 30.0 Å². The van der Waals surface area contributed by atoms with Crippen LogP contribution in [0, 0.1) is 12.7 Å². The van der Waals surface area contributed by atoms with Crippen molar-refractivity contribution in [3.63, 3.8) is 0 Å². The summed E-state index contributed by atoms with van der Waals surface area (Å²) in [7, 11) is 0. The molecule has 1 heterocycles. The SMILES string of the molecule is CCn1nc(C)cc1CNCc1ccc(F)c(Cl)c1. The van der Waals surface area contributed by atoms with E-state index < -0.39 is 0 Å². The van der Waals surface area contributed by atoms with Crippen LogP contribution in [0.5, 0.6) is 0 Å². The molecule has 1 aromatic heterocycles. The minimum atomic E-state index is -0.384. The minimum Gasteiger partial charge on any atom is -0.307 e. The van der Waals surface area contributed by atoms with Crippen LogP contribution in [0.1, 0.15) is 23.9 Å². The lowest BCUT2D eigenvalue weighted by Crippen LogP contribution is -2.16. The number of hydrogen-bond donors (Lipinski definition) is 1. The van der Waals surface area contributed by atoms with Gasteiger partial charge in [0.25, 0.3) is 0 Å². The maximum atomic E-state index is 13.0. The van der Waals surface area contributed by atoms with Gasteiger partial charge < -0.3 is 5.32 Å². The quantitative estimate of drug-likeness (QED) is 0.911. The fourth-order valence-electron chi connectivity index (χ4n) is 2.00. The van der Waals surface area contributed by atoms with E-state index in [-0.39, 0.29) is 10.8 Å². The molecule has 1 N–H and O–H groups in total. The topological polar surface area (TPSA) is 29.9 Å². The molecule has 2 rings (SSSR count). The molecule has 5 heteroatoms. The zero-order valence-electron chi connectivity index (χ0n) is 11.1. The lowest BCUT2D eigenvalue weighted by Gasteiger charge is -2.07. The first-order chi connectivity index (χ1) is 9.10. The van der Waals surface area contributed by atoms with Gasteiger partial charge in [0, 0.05) is 19.6 Å². The summed E-state index contributed by atoms with van der Waals surface area (Å²) >= 11 is 5.74. The van der Waals surface area contributed by atoms with E-state index in [0.29, 0.717) is 6.54 Å². The molecule has 0 radical (unpaired) electrons. The monoisotopic (exact) mass is 281 g/mol. The fraction of sp³-hybridized carbons (Fsp3) is 0.357. The first kappa shape index (κ1) is 14.0. The van der Waals surface area contributed by atoms with E-state index >= 15 is 0 Å². The third kappa shape index (κ3) is 3.55. The largest absolute Gasteiger partial charge is 0.307 e. The highest BCUT2D eigenvalue weighted by Gasteiger charge is 2.04. The number of halogens is 2. The third-order valence-electron chi connectivity index (χ3n) is 2.90. The van der Waals surface area contributed by atoms with Gasteiger partial charge in [0.05, 0.1) is 16.4 Å². The van der Waals surface area contributed by atoms with Gasteiger partial charge in [-0.15, -0.1) is 0 Å². The lowest BCUT2D eigenvalue weighted by atomic mass is 10.2. The van der Waals surface area contributed by atoms with E-state index in [1.165, 1.54) is 6.07 Å². The van der Waals surface area contributed by atoms with Gasteiger partial charge in [-0.25, -0.2) is 4.39 Å². The van der Waals surface area contributed by atoms with Crippen molar-refractivity contribution in [3.05, 3.63) is 52.1 Å². The van der Waals surface area contributed by atoms with Crippen molar-refractivity contribution < 1.29 is 4.39 Å². The molecule has 2 aromatic rings. The van der Waals surface area contributed by atoms with E-state index in [1.54, 1.807) is 12.1 Å². The standard InChI is InChI=1S/C14H17ClFN3/c1-3-19-12(6-10(2)18-19)9-17-8-11-4-5-14(16)13(15)7-11/h4-7,17H,3,8-9H2,1-2H3. The Morgan fingerprint density at radius 2 is 2.11 bits per heavy atom. The fourth-order valence-corrected chi connectivity index (χ4v) is 2.20. The Labute approximate surface area is 117 Å². The molecule has 1 aromatic carbocycles. The van der Waals surface area contributed by atoms with Crippen LogP contribution in [0.15, 0.2) is 24.3 Å². The van der Waals surface area contributed by atoms with Crippen molar-refractivity contribution in [1.29, 1.82) is 0 Å². The van der Waals surface area contributed by atoms with Crippen molar-refractivity contribution in [2.45, 2.75) is 33.5 Å². The molecule has 102 valence electrons. The average Bonchev–Trinajstić information content (AvgIpc) is 2.74. The highest BCUT2D eigenvalue weighted by Crippen LogP contribution is 2.16. The Bertz CT molecular complexity index is 566. The maximum Gasteiger partial charge on any atom is 0.141 e. The third-order valence-corrected chi connectivity index (χ3v) is 3.19. The van der Waals surface area contributed by atoms with Crippen LogP contribution in [-0.2, 0) is 19.6 Å². The van der Waals surface area contributed by atoms with Crippen molar-refractivity contribution in [2.75, 3.05) is 0 Å². The predicted octanol–water partition coefficient (Wildman–Crippen LogP) is 3.29. The van der Waals surface area contributed by atoms with Crippen LogP contribution in [0.4, 0.5) is 4.39 Å². The molecular weight excluding hydrogens is 265 g/mol. The minimum absolute atomic E-state index is 0.161. The number of benzene rings is 1. The Hall–Kier alpha value is -1.39. The molecule has 0 aliphatic rings. The summed E-state index contributed by atoms with van der Waals surface area (Å²) in [6.45, 7) is 6.27. The number of nitrogens with one attached hydrogen (secondary N) is 1. The molecule has 0 amide bonds. The van der Waals surface area contributed by atoms with Gasteiger partial charge in [-0.2, -0.15) is 5.10 Å². The summed E-state index contributed by atoms with van der Waals surface area (Å²) < 4.78 is 15.0. The van der Waals surface area contributed by atoms with Crippen LogP contribution in [0.2, 0.25) is 5.02 Å². The van der Waals surface area contributed by atoms with Crippen molar-refractivity contribution in [2.24, 2.45) is 0 Å². The molecule has 0 fully saturated rings. The van der Waals surface area contributed by atoms with Gasteiger partial charge in [-0.3, -0.25) is 4.68 Å². The second-order valence-electron chi connectivity index (χ2n) is 4.44. The average molecular weight is 282 g/mol. The Morgan fingerprint density at radius 1 is 1.32 bits per heavy atom. The maximum absolute atomic E-state index is 13.0. The molecule has 0 atom stereocenters. The number of aryl methyl sites for hydroxylation is 2. The summed E-state index contributed by atoms with van der Waals surface area (Å²) in [6.07, 6.45) is 0. The van der Waals surface area contributed by atoms with Crippen molar-refractivity contribution >= 4 is 11.6 Å². The smallest absolute Gasteiger partial charge is 0.141 e. The van der Waals surface area contributed by atoms with Gasteiger partial charge in [0.1, 0.15) is 5.82 Å². The van der Waals surface area contributed by atoms with Crippen molar-refractivity contribution in [1.82, 2.24) is 15.1 Å². The van der Waals surface area contributed by atoms with Crippen LogP contribution in [0.25, 0.3) is 0 Å². The van der Waals surface area contributed by atoms with E-state index in [2.05, 4.69) is 23.4 Å². The number of aromatic nitrogens is 2. The summed E-state index contributed by atoms with van der Waals surface area (Å²) in [6, 6.07) is 6.83. The summed E-state index contributed by atoms with van der Waals surface area (Å²) in [4.78, 5) is 0. The van der Waals surface area contributed by atoms with Crippen LogP contribution in [-0.4, -0.2) is 9.78 Å². The highest BCUT2D eigenvalue weighted by molar-refractivity contribution is 6.30. The molecule has 0 spiro atoms. The molecule has 0 aliphatic carbocycles. The van der Waals surface area contributed by atoms with Gasteiger partial charge in [-0.05, 0) is 37.6 Å². The summed E-state index contributed by atoms with van der Waals surface area (Å²) in [5.74, 6) is -0.384. The zero-order chi connectivity index (χ0) is 13.8. The van der Waals surface area contributed by atoms with E-state index in [1.807, 2.05) is 11.6 Å². The summed E-state index contributed by atoms with van der Waals surface area (Å²) in [5.41, 5.74) is 3.13. The molecule has 0 bridgehead atoms. The van der Waals surface area contributed by atoms with E-state index in [9.17, 15) is 4.39 Å². The first-order valence-electron chi connectivity index (χ1n) is 6.28. The van der Waals surface area contributed by atoms with Gasteiger partial charge in [0.15, 0.2) is 0 Å². The molecule has 0 aliphatic heterocycles. The highest BCUT2D eigenvalue weighted by atomic mass is 35.5. The predicted molar refractivity (Wildman–Crippen MR) is 74.6 cm³/mol. The Balaban J connectivity index is 1.94. The molecule has 3 nitrogen and oxygen atoms in total. The number of nitrogens with zero attached hydrogens (tertiary/aromatic N) is 2. The molecule has 0 saturated carbocycles. The lowest BCUT2D eigenvalue weighted by molar-refractivity contribution is 0.578. The molecular formula is C14H17ClFN3. The Kier molecular flexibility index (Phi) is 4.56. The van der Waals surface area contributed by atoms with Gasteiger partial charge in [-0.1, -0.05) is 17.7 Å². The van der Waals surface area contributed by atoms with Gasteiger partial charge >= 0.3 is 0 Å².